The van der Waals surface area contributed by atoms with Gasteiger partial charge in [0.1, 0.15) is 11.6 Å². The lowest BCUT2D eigenvalue weighted by atomic mass is 9.93. The highest BCUT2D eigenvalue weighted by Crippen LogP contribution is 2.46. The minimum absolute atomic E-state index is 0.193. The first-order valence-corrected chi connectivity index (χ1v) is 6.18. The van der Waals surface area contributed by atoms with Gasteiger partial charge < -0.3 is 16.6 Å². The van der Waals surface area contributed by atoms with Crippen molar-refractivity contribution in [2.75, 3.05) is 11.5 Å². The van der Waals surface area contributed by atoms with Gasteiger partial charge in [0.2, 0.25) is 0 Å². The van der Waals surface area contributed by atoms with Crippen LogP contribution in [0.5, 0.6) is 5.75 Å². The molecule has 0 saturated carbocycles. The number of hydrogen-bond acceptors (Lipinski definition) is 3. The third-order valence-electron chi connectivity index (χ3n) is 3.20. The zero-order valence-corrected chi connectivity index (χ0v) is 11.6. The molecule has 0 amide bonds. The number of nitrogens with two attached hydrogens (primary N) is 2. The van der Waals surface area contributed by atoms with Crippen LogP contribution in [0.3, 0.4) is 0 Å². The second kappa shape index (κ2) is 5.46. The molecule has 0 unspecified atom stereocenters. The average Bonchev–Trinajstić information content (AvgIpc) is 2.41. The van der Waals surface area contributed by atoms with E-state index in [1.54, 1.807) is 0 Å². The summed E-state index contributed by atoms with van der Waals surface area (Å²) in [6.07, 6.45) is -10.2. The summed E-state index contributed by atoms with van der Waals surface area (Å²) in [6, 6.07) is 1.11. The maximum absolute atomic E-state index is 13.6. The molecular formula is C14H9F7N2O. The first-order chi connectivity index (χ1) is 10.8. The standard InChI is InChI=1S/C14H9F7N2O/c15-9-1-5(7(3-10(9)22)13(16,17)18)6-2-12(24)11(23)4-8(6)14(19,20)21/h1-4,24H,22-23H2. The van der Waals surface area contributed by atoms with Crippen molar-refractivity contribution in [2.24, 2.45) is 0 Å². The van der Waals surface area contributed by atoms with E-state index in [4.69, 9.17) is 11.5 Å². The molecule has 0 atom stereocenters. The van der Waals surface area contributed by atoms with Crippen molar-refractivity contribution < 1.29 is 35.8 Å². The molecule has 5 N–H and O–H groups in total. The number of alkyl halides is 6. The van der Waals surface area contributed by atoms with Crippen LogP contribution in [0.15, 0.2) is 24.3 Å². The highest BCUT2D eigenvalue weighted by molar-refractivity contribution is 5.78. The minimum Gasteiger partial charge on any atom is -0.506 e. The summed E-state index contributed by atoms with van der Waals surface area (Å²) in [5.74, 6) is -2.20. The van der Waals surface area contributed by atoms with Gasteiger partial charge in [-0.2, -0.15) is 26.3 Å². The second-order valence-electron chi connectivity index (χ2n) is 4.87. The van der Waals surface area contributed by atoms with Gasteiger partial charge in [-0.15, -0.1) is 0 Å². The second-order valence-corrected chi connectivity index (χ2v) is 4.87. The summed E-state index contributed by atoms with van der Waals surface area (Å²) < 4.78 is 92.3. The number of benzene rings is 2. The van der Waals surface area contributed by atoms with Crippen molar-refractivity contribution in [2.45, 2.75) is 12.4 Å². The summed E-state index contributed by atoms with van der Waals surface area (Å²) in [7, 11) is 0. The van der Waals surface area contributed by atoms with Crippen LogP contribution in [0.25, 0.3) is 11.1 Å². The Kier molecular flexibility index (Phi) is 4.03. The summed E-state index contributed by atoms with van der Waals surface area (Å²) in [5.41, 5.74) is 3.39. The monoisotopic (exact) mass is 354 g/mol. The SMILES string of the molecule is Nc1cc(C(F)(F)F)c(-c2cc(F)c(N)cc2C(F)(F)F)cc1O. The van der Waals surface area contributed by atoms with Crippen LogP contribution in [0, 0.1) is 5.82 Å². The number of rotatable bonds is 1. The predicted octanol–water partition coefficient (Wildman–Crippen LogP) is 4.40. The lowest BCUT2D eigenvalue weighted by Gasteiger charge is -2.19. The first-order valence-electron chi connectivity index (χ1n) is 6.18. The van der Waals surface area contributed by atoms with Gasteiger partial charge in [0, 0.05) is 0 Å². The molecular weight excluding hydrogens is 345 g/mol. The molecule has 2 aromatic rings. The molecule has 0 aliphatic heterocycles. The van der Waals surface area contributed by atoms with E-state index < -0.39 is 57.5 Å². The maximum Gasteiger partial charge on any atom is 0.417 e. The van der Waals surface area contributed by atoms with E-state index >= 15 is 0 Å². The molecule has 3 nitrogen and oxygen atoms in total. The topological polar surface area (TPSA) is 72.3 Å². The fraction of sp³-hybridized carbons (Fsp3) is 0.143. The van der Waals surface area contributed by atoms with Gasteiger partial charge in [-0.1, -0.05) is 0 Å². The lowest BCUT2D eigenvalue weighted by Crippen LogP contribution is -2.13. The van der Waals surface area contributed by atoms with Crippen molar-refractivity contribution in [3.8, 4) is 16.9 Å². The highest BCUT2D eigenvalue weighted by atomic mass is 19.4. The van der Waals surface area contributed by atoms with Crippen LogP contribution in [0.4, 0.5) is 42.1 Å². The van der Waals surface area contributed by atoms with Gasteiger partial charge in [-0.3, -0.25) is 0 Å². The first kappa shape index (κ1) is 17.7. The molecule has 0 fully saturated rings. The fourth-order valence-electron chi connectivity index (χ4n) is 2.11. The summed E-state index contributed by atoms with van der Waals surface area (Å²) >= 11 is 0. The number of hydrogen-bond donors (Lipinski definition) is 3. The average molecular weight is 354 g/mol. The Morgan fingerprint density at radius 1 is 0.708 bits per heavy atom. The van der Waals surface area contributed by atoms with Crippen molar-refractivity contribution in [3.05, 3.63) is 41.2 Å². The van der Waals surface area contributed by atoms with Crippen LogP contribution < -0.4 is 11.5 Å². The normalized spacial score (nSPS) is 12.5. The van der Waals surface area contributed by atoms with Crippen molar-refractivity contribution >= 4 is 11.4 Å². The Labute approximate surface area is 130 Å². The predicted molar refractivity (Wildman–Crippen MR) is 72.3 cm³/mol. The molecule has 10 heteroatoms. The molecule has 0 heterocycles. The third kappa shape index (κ3) is 3.17. The van der Waals surface area contributed by atoms with E-state index in [-0.39, 0.29) is 18.2 Å². The molecule has 0 radical (unpaired) electrons. The van der Waals surface area contributed by atoms with Gasteiger partial charge in [-0.05, 0) is 35.4 Å². The molecule has 24 heavy (non-hydrogen) atoms. The maximum atomic E-state index is 13.6. The Balaban J connectivity index is 2.91. The Morgan fingerprint density at radius 3 is 1.58 bits per heavy atom. The van der Waals surface area contributed by atoms with E-state index in [1.165, 1.54) is 0 Å². The molecule has 0 aliphatic carbocycles. The van der Waals surface area contributed by atoms with Gasteiger partial charge in [0.25, 0.3) is 0 Å². The van der Waals surface area contributed by atoms with Gasteiger partial charge >= 0.3 is 12.4 Å². The fourth-order valence-corrected chi connectivity index (χ4v) is 2.11. The summed E-state index contributed by atoms with van der Waals surface area (Å²) in [5, 5.41) is 9.48. The number of aromatic hydroxyl groups is 1. The van der Waals surface area contributed by atoms with E-state index in [2.05, 4.69) is 0 Å². The third-order valence-corrected chi connectivity index (χ3v) is 3.20. The summed E-state index contributed by atoms with van der Waals surface area (Å²) in [4.78, 5) is 0. The number of halogens is 7. The van der Waals surface area contributed by atoms with Crippen LogP contribution in [0.1, 0.15) is 11.1 Å². The lowest BCUT2D eigenvalue weighted by molar-refractivity contribution is -0.139. The quantitative estimate of drug-likeness (QED) is 0.404. The minimum atomic E-state index is -5.10. The smallest absolute Gasteiger partial charge is 0.417 e. The Morgan fingerprint density at radius 2 is 1.12 bits per heavy atom. The molecule has 130 valence electrons. The zero-order chi connectivity index (χ0) is 18.4. The van der Waals surface area contributed by atoms with Crippen molar-refractivity contribution in [1.29, 1.82) is 0 Å². The van der Waals surface area contributed by atoms with Crippen LogP contribution in [0.2, 0.25) is 0 Å². The van der Waals surface area contributed by atoms with E-state index in [0.29, 0.717) is 6.07 Å². The van der Waals surface area contributed by atoms with Gasteiger partial charge in [0.05, 0.1) is 22.5 Å². The van der Waals surface area contributed by atoms with E-state index in [0.717, 1.165) is 0 Å². The number of anilines is 2. The Bertz CT molecular complexity index is 730. The number of phenolic OH excluding ortho intramolecular Hbond substituents is 1. The van der Waals surface area contributed by atoms with Crippen LogP contribution in [-0.4, -0.2) is 5.11 Å². The molecule has 2 aromatic carbocycles. The van der Waals surface area contributed by atoms with Crippen LogP contribution >= 0.6 is 0 Å². The van der Waals surface area contributed by atoms with E-state index in [1.807, 2.05) is 0 Å². The summed E-state index contributed by atoms with van der Waals surface area (Å²) in [6.45, 7) is 0. The van der Waals surface area contributed by atoms with Crippen molar-refractivity contribution in [3.63, 3.8) is 0 Å². The van der Waals surface area contributed by atoms with Gasteiger partial charge in [-0.25, -0.2) is 4.39 Å². The van der Waals surface area contributed by atoms with Crippen molar-refractivity contribution in [1.82, 2.24) is 0 Å². The molecule has 0 aromatic heterocycles. The van der Waals surface area contributed by atoms with Gasteiger partial charge in [0.15, 0.2) is 0 Å². The Hall–Kier alpha value is -2.65. The number of phenols is 1. The molecule has 0 saturated heterocycles. The number of nitrogen functional groups attached to an aromatic ring is 2. The largest absolute Gasteiger partial charge is 0.506 e. The molecule has 0 spiro atoms. The zero-order valence-electron chi connectivity index (χ0n) is 11.6. The van der Waals surface area contributed by atoms with E-state index in [9.17, 15) is 35.8 Å². The molecule has 0 bridgehead atoms. The molecule has 2 rings (SSSR count). The highest BCUT2D eigenvalue weighted by Gasteiger charge is 2.39. The molecule has 0 aliphatic rings. The van der Waals surface area contributed by atoms with Crippen LogP contribution in [-0.2, 0) is 12.4 Å².